The molecule has 1 amide bonds. The molecule has 0 unspecified atom stereocenters. The Labute approximate surface area is 155 Å². The molecular weight excluding hydrogens is 370 g/mol. The number of aromatic hydroxyl groups is 1. The molecule has 1 aliphatic rings. The first-order valence-corrected chi connectivity index (χ1v) is 10.0. The summed E-state index contributed by atoms with van der Waals surface area (Å²) in [7, 11) is -2.17. The number of phenolic OH excluding ortho intramolecular Hbond substituents is 1. The number of carbonyl (C=O) groups is 1. The van der Waals surface area contributed by atoms with Crippen molar-refractivity contribution < 1.29 is 22.7 Å². The number of carbonyl (C=O) groups excluding carboxylic acids is 1. The van der Waals surface area contributed by atoms with Crippen molar-refractivity contribution in [3.8, 4) is 5.75 Å². The number of aromatic nitrogens is 1. The average molecular weight is 387 g/mol. The van der Waals surface area contributed by atoms with Crippen LogP contribution >= 0.6 is 0 Å². The zero-order chi connectivity index (χ0) is 19.3. The van der Waals surface area contributed by atoms with E-state index < -0.39 is 15.9 Å². The summed E-state index contributed by atoms with van der Waals surface area (Å²) in [4.78, 5) is 18.6. The van der Waals surface area contributed by atoms with Crippen molar-refractivity contribution in [1.29, 1.82) is 0 Å². The molecular formula is C18H17N3O5S. The molecule has 3 heterocycles. The Bertz CT molecular complexity index is 1160. The summed E-state index contributed by atoms with van der Waals surface area (Å²) in [6.07, 6.45) is 4.09. The minimum atomic E-state index is -3.59. The molecule has 3 aromatic rings. The summed E-state index contributed by atoms with van der Waals surface area (Å²) >= 11 is 0. The number of rotatable bonds is 4. The van der Waals surface area contributed by atoms with E-state index >= 15 is 0 Å². The zero-order valence-corrected chi connectivity index (χ0v) is 15.5. The summed E-state index contributed by atoms with van der Waals surface area (Å²) in [5, 5.41) is 11.2. The van der Waals surface area contributed by atoms with Crippen molar-refractivity contribution >= 4 is 32.5 Å². The van der Waals surface area contributed by atoms with Gasteiger partial charge in [0.25, 0.3) is 5.91 Å². The molecule has 0 radical (unpaired) electrons. The van der Waals surface area contributed by atoms with E-state index in [0.29, 0.717) is 22.4 Å². The van der Waals surface area contributed by atoms with E-state index in [9.17, 15) is 18.3 Å². The summed E-state index contributed by atoms with van der Waals surface area (Å²) < 4.78 is 30.8. The molecule has 0 aliphatic carbocycles. The molecule has 1 N–H and O–H groups in total. The van der Waals surface area contributed by atoms with Crippen molar-refractivity contribution in [2.45, 2.75) is 13.1 Å². The third-order valence-electron chi connectivity index (χ3n) is 4.70. The van der Waals surface area contributed by atoms with Gasteiger partial charge in [-0.3, -0.25) is 14.1 Å². The lowest BCUT2D eigenvalue weighted by Crippen LogP contribution is -2.26. The van der Waals surface area contributed by atoms with Gasteiger partial charge in [0.05, 0.1) is 30.3 Å². The van der Waals surface area contributed by atoms with E-state index in [1.54, 1.807) is 24.3 Å². The summed E-state index contributed by atoms with van der Waals surface area (Å²) in [5.74, 6) is -0.0378. The number of benzene rings is 1. The molecule has 0 bridgehead atoms. The van der Waals surface area contributed by atoms with Crippen LogP contribution in [0, 0.1) is 0 Å². The standard InChI is InChI=1S/C18H17N3O5S/c1-20(27(2,24)25)16-12-6-3-7-19-15(12)17(22)14-13(16)10-21(18(14)23)9-11-5-4-8-26-11/h3-8,22H,9-10H2,1-2H3. The third-order valence-corrected chi connectivity index (χ3v) is 5.88. The minimum Gasteiger partial charge on any atom is -0.505 e. The third kappa shape index (κ3) is 2.71. The SMILES string of the molecule is CN(c1c2c(c(O)c3ncccc13)C(=O)N(Cc1ccco1)C2)S(C)(=O)=O. The highest BCUT2D eigenvalue weighted by atomic mass is 32.2. The van der Waals surface area contributed by atoms with Crippen LogP contribution in [0.15, 0.2) is 41.1 Å². The van der Waals surface area contributed by atoms with Crippen LogP contribution in [0.3, 0.4) is 0 Å². The predicted octanol–water partition coefficient (Wildman–Crippen LogP) is 2.09. The van der Waals surface area contributed by atoms with Crippen molar-refractivity contribution in [2.24, 2.45) is 0 Å². The van der Waals surface area contributed by atoms with Gasteiger partial charge < -0.3 is 14.4 Å². The van der Waals surface area contributed by atoms with Gasteiger partial charge in [-0.2, -0.15) is 0 Å². The number of pyridine rings is 1. The quantitative estimate of drug-likeness (QED) is 0.735. The highest BCUT2D eigenvalue weighted by molar-refractivity contribution is 7.92. The molecule has 8 nitrogen and oxygen atoms in total. The molecule has 0 saturated carbocycles. The summed E-state index contributed by atoms with van der Waals surface area (Å²) in [5.41, 5.74) is 1.08. The number of sulfonamides is 1. The molecule has 4 rings (SSSR count). The van der Waals surface area contributed by atoms with Crippen LogP contribution in [0.25, 0.3) is 10.9 Å². The van der Waals surface area contributed by atoms with Gasteiger partial charge in [0.2, 0.25) is 10.0 Å². The lowest BCUT2D eigenvalue weighted by Gasteiger charge is -2.22. The van der Waals surface area contributed by atoms with Gasteiger partial charge >= 0.3 is 0 Å². The fourth-order valence-corrected chi connectivity index (χ4v) is 3.92. The van der Waals surface area contributed by atoms with E-state index in [2.05, 4.69) is 4.98 Å². The maximum absolute atomic E-state index is 12.9. The van der Waals surface area contributed by atoms with Gasteiger partial charge in [-0.25, -0.2) is 8.42 Å². The highest BCUT2D eigenvalue weighted by Gasteiger charge is 2.37. The Balaban J connectivity index is 1.94. The monoisotopic (exact) mass is 387 g/mol. The Kier molecular flexibility index (Phi) is 3.84. The zero-order valence-electron chi connectivity index (χ0n) is 14.7. The molecule has 1 aliphatic heterocycles. The van der Waals surface area contributed by atoms with Crippen LogP contribution < -0.4 is 4.31 Å². The predicted molar refractivity (Wildman–Crippen MR) is 98.9 cm³/mol. The van der Waals surface area contributed by atoms with Crippen LogP contribution in [0.2, 0.25) is 0 Å². The molecule has 0 saturated heterocycles. The molecule has 2 aromatic heterocycles. The Hall–Kier alpha value is -3.07. The van der Waals surface area contributed by atoms with E-state index in [0.717, 1.165) is 10.6 Å². The molecule has 140 valence electrons. The van der Waals surface area contributed by atoms with Gasteiger partial charge in [-0.15, -0.1) is 0 Å². The first-order chi connectivity index (χ1) is 12.8. The first kappa shape index (κ1) is 17.3. The topological polar surface area (TPSA) is 104 Å². The van der Waals surface area contributed by atoms with E-state index in [1.165, 1.54) is 24.4 Å². The Morgan fingerprint density at radius 3 is 2.78 bits per heavy atom. The maximum atomic E-state index is 12.9. The highest BCUT2D eigenvalue weighted by Crippen LogP contribution is 2.44. The molecule has 0 atom stereocenters. The number of phenols is 1. The van der Waals surface area contributed by atoms with Gasteiger partial charge in [0, 0.05) is 30.7 Å². The summed E-state index contributed by atoms with van der Waals surface area (Å²) in [6.45, 7) is 0.369. The van der Waals surface area contributed by atoms with Gasteiger partial charge in [0.15, 0.2) is 5.75 Å². The second-order valence-electron chi connectivity index (χ2n) is 6.42. The van der Waals surface area contributed by atoms with E-state index in [-0.39, 0.29) is 29.9 Å². The number of anilines is 1. The second kappa shape index (κ2) is 5.98. The molecule has 9 heteroatoms. The van der Waals surface area contributed by atoms with E-state index in [4.69, 9.17) is 4.42 Å². The summed E-state index contributed by atoms with van der Waals surface area (Å²) in [6, 6.07) is 6.81. The van der Waals surface area contributed by atoms with Crippen molar-refractivity contribution in [3.05, 3.63) is 53.6 Å². The number of fused-ring (bicyclic) bond motifs is 2. The lowest BCUT2D eigenvalue weighted by molar-refractivity contribution is 0.0753. The average Bonchev–Trinajstić information content (AvgIpc) is 3.23. The molecule has 0 fully saturated rings. The normalized spacial score (nSPS) is 14.0. The maximum Gasteiger partial charge on any atom is 0.258 e. The molecule has 1 aromatic carbocycles. The van der Waals surface area contributed by atoms with E-state index in [1.807, 2.05) is 0 Å². The molecule has 27 heavy (non-hydrogen) atoms. The fourth-order valence-electron chi connectivity index (χ4n) is 3.38. The Morgan fingerprint density at radius 1 is 1.33 bits per heavy atom. The van der Waals surface area contributed by atoms with Gasteiger partial charge in [-0.05, 0) is 24.3 Å². The Morgan fingerprint density at radius 2 is 2.11 bits per heavy atom. The van der Waals surface area contributed by atoms with Crippen LogP contribution in [-0.4, -0.2) is 42.6 Å². The second-order valence-corrected chi connectivity index (χ2v) is 8.44. The minimum absolute atomic E-state index is 0.0817. The molecule has 0 spiro atoms. The number of hydrogen-bond donors (Lipinski definition) is 1. The smallest absolute Gasteiger partial charge is 0.258 e. The largest absolute Gasteiger partial charge is 0.505 e. The fraction of sp³-hybridized carbons (Fsp3) is 0.222. The number of hydrogen-bond acceptors (Lipinski definition) is 6. The number of furan rings is 1. The van der Waals surface area contributed by atoms with Crippen molar-refractivity contribution in [1.82, 2.24) is 9.88 Å². The van der Waals surface area contributed by atoms with Crippen LogP contribution in [-0.2, 0) is 23.1 Å². The van der Waals surface area contributed by atoms with Crippen LogP contribution in [0.1, 0.15) is 21.7 Å². The van der Waals surface area contributed by atoms with Crippen LogP contribution in [0.4, 0.5) is 5.69 Å². The van der Waals surface area contributed by atoms with Gasteiger partial charge in [0.1, 0.15) is 11.3 Å². The van der Waals surface area contributed by atoms with Crippen molar-refractivity contribution in [3.63, 3.8) is 0 Å². The number of nitrogens with zero attached hydrogens (tertiary/aromatic N) is 3. The first-order valence-electron chi connectivity index (χ1n) is 8.17. The van der Waals surface area contributed by atoms with Crippen molar-refractivity contribution in [2.75, 3.05) is 17.6 Å². The number of amides is 1. The van der Waals surface area contributed by atoms with Crippen LogP contribution in [0.5, 0.6) is 5.75 Å². The van der Waals surface area contributed by atoms with Gasteiger partial charge in [-0.1, -0.05) is 0 Å². The lowest BCUT2D eigenvalue weighted by atomic mass is 10.0.